The molecule has 1 amide bonds. The molecule has 0 aliphatic rings. The lowest BCUT2D eigenvalue weighted by molar-refractivity contribution is 0.0954. The van der Waals surface area contributed by atoms with Crippen LogP contribution in [0.3, 0.4) is 0 Å². The maximum Gasteiger partial charge on any atom is 0.252 e. The summed E-state index contributed by atoms with van der Waals surface area (Å²) in [7, 11) is -3.21. The fourth-order valence-electron chi connectivity index (χ4n) is 3.43. The molecule has 0 bridgehead atoms. The average molecular weight is 405 g/mol. The Morgan fingerprint density at radius 3 is 1.97 bits per heavy atom. The highest BCUT2D eigenvalue weighted by Crippen LogP contribution is 2.43. The minimum atomic E-state index is -3.21. The van der Waals surface area contributed by atoms with E-state index in [4.69, 9.17) is 0 Å². The lowest BCUT2D eigenvalue weighted by Crippen LogP contribution is -2.34. The molecular weight excluding hydrogens is 377 g/mol. The number of carbonyl (C=O) groups is 1. The van der Waals surface area contributed by atoms with Gasteiger partial charge in [0.15, 0.2) is 7.14 Å². The van der Waals surface area contributed by atoms with Crippen molar-refractivity contribution in [2.75, 3.05) is 6.54 Å². The predicted octanol–water partition coefficient (Wildman–Crippen LogP) is 4.42. The van der Waals surface area contributed by atoms with Crippen LogP contribution in [-0.2, 0) is 11.0 Å². The SMILES string of the molecule is CCCCNC(=O)c1ccc(CC)cc1P(=O)(c1ccccc1)c1ccccc1. The van der Waals surface area contributed by atoms with E-state index in [2.05, 4.69) is 19.2 Å². The van der Waals surface area contributed by atoms with Crippen LogP contribution >= 0.6 is 7.14 Å². The Labute approximate surface area is 173 Å². The third kappa shape index (κ3) is 4.52. The van der Waals surface area contributed by atoms with Crippen LogP contribution in [-0.4, -0.2) is 12.5 Å². The monoisotopic (exact) mass is 405 g/mol. The van der Waals surface area contributed by atoms with Crippen LogP contribution in [0.4, 0.5) is 0 Å². The van der Waals surface area contributed by atoms with Crippen LogP contribution in [0.5, 0.6) is 0 Å². The molecule has 0 unspecified atom stereocenters. The summed E-state index contributed by atoms with van der Waals surface area (Å²) in [6.07, 6.45) is 2.74. The molecule has 0 spiro atoms. The van der Waals surface area contributed by atoms with Crippen molar-refractivity contribution in [2.24, 2.45) is 0 Å². The van der Waals surface area contributed by atoms with Gasteiger partial charge < -0.3 is 9.88 Å². The number of nitrogens with one attached hydrogen (secondary N) is 1. The fourth-order valence-corrected chi connectivity index (χ4v) is 6.33. The number of unbranched alkanes of at least 4 members (excludes halogenated alkanes) is 1. The van der Waals surface area contributed by atoms with Gasteiger partial charge in [0.2, 0.25) is 0 Å². The normalized spacial score (nSPS) is 11.2. The first-order valence-corrected chi connectivity index (χ1v) is 11.9. The van der Waals surface area contributed by atoms with E-state index in [-0.39, 0.29) is 5.91 Å². The third-order valence-electron chi connectivity index (χ3n) is 5.11. The van der Waals surface area contributed by atoms with E-state index < -0.39 is 7.14 Å². The summed E-state index contributed by atoms with van der Waals surface area (Å²) < 4.78 is 14.8. The molecule has 0 saturated carbocycles. The van der Waals surface area contributed by atoms with Crippen LogP contribution in [0, 0.1) is 0 Å². The maximum atomic E-state index is 14.8. The van der Waals surface area contributed by atoms with E-state index in [0.29, 0.717) is 17.4 Å². The van der Waals surface area contributed by atoms with Crippen molar-refractivity contribution in [3.05, 3.63) is 90.0 Å². The Balaban J connectivity index is 2.22. The van der Waals surface area contributed by atoms with Gasteiger partial charge in [-0.2, -0.15) is 0 Å². The van der Waals surface area contributed by atoms with Gasteiger partial charge in [-0.3, -0.25) is 4.79 Å². The zero-order chi connectivity index (χ0) is 20.7. The standard InChI is InChI=1S/C25H28NO2P/c1-3-5-18-26-25(27)23-17-16-20(4-2)19-24(23)29(28,21-12-8-6-9-13-21)22-14-10-7-11-15-22/h6-17,19H,3-5,18H2,1-2H3,(H,26,27). The summed E-state index contributed by atoms with van der Waals surface area (Å²) in [6.45, 7) is 4.77. The highest BCUT2D eigenvalue weighted by Gasteiger charge is 2.33. The summed E-state index contributed by atoms with van der Waals surface area (Å²) >= 11 is 0. The van der Waals surface area contributed by atoms with Gasteiger partial charge in [-0.05, 0) is 30.5 Å². The Kier molecular flexibility index (Phi) is 7.06. The lowest BCUT2D eigenvalue weighted by atomic mass is 10.1. The topological polar surface area (TPSA) is 46.2 Å². The molecule has 0 radical (unpaired) electrons. The third-order valence-corrected chi connectivity index (χ3v) is 8.21. The van der Waals surface area contributed by atoms with E-state index in [9.17, 15) is 9.36 Å². The predicted molar refractivity (Wildman–Crippen MR) is 122 cm³/mol. The smallest absolute Gasteiger partial charge is 0.252 e. The second-order valence-corrected chi connectivity index (χ2v) is 9.83. The van der Waals surface area contributed by atoms with E-state index in [1.807, 2.05) is 78.9 Å². The van der Waals surface area contributed by atoms with Gasteiger partial charge in [-0.1, -0.05) is 87.0 Å². The summed E-state index contributed by atoms with van der Waals surface area (Å²) in [5.41, 5.74) is 1.56. The molecule has 29 heavy (non-hydrogen) atoms. The molecule has 0 saturated heterocycles. The molecule has 3 nitrogen and oxygen atoms in total. The van der Waals surface area contributed by atoms with E-state index in [0.717, 1.165) is 35.4 Å². The lowest BCUT2D eigenvalue weighted by Gasteiger charge is -2.23. The van der Waals surface area contributed by atoms with E-state index >= 15 is 0 Å². The molecule has 0 atom stereocenters. The van der Waals surface area contributed by atoms with Crippen molar-refractivity contribution in [1.29, 1.82) is 0 Å². The fraction of sp³-hybridized carbons (Fsp3) is 0.240. The van der Waals surface area contributed by atoms with Crippen molar-refractivity contribution in [2.45, 2.75) is 33.1 Å². The molecule has 0 heterocycles. The second-order valence-electron chi connectivity index (χ2n) is 7.09. The minimum absolute atomic E-state index is 0.164. The van der Waals surface area contributed by atoms with Crippen molar-refractivity contribution < 1.29 is 9.36 Å². The van der Waals surface area contributed by atoms with Crippen molar-refractivity contribution >= 4 is 29.0 Å². The molecule has 0 aliphatic heterocycles. The van der Waals surface area contributed by atoms with Crippen molar-refractivity contribution in [3.63, 3.8) is 0 Å². The van der Waals surface area contributed by atoms with Crippen LogP contribution < -0.4 is 21.2 Å². The van der Waals surface area contributed by atoms with Gasteiger partial charge >= 0.3 is 0 Å². The molecular formula is C25H28NO2P. The number of aryl methyl sites for hydroxylation is 1. The summed E-state index contributed by atoms with van der Waals surface area (Å²) in [4.78, 5) is 13.0. The first kappa shape index (κ1) is 21.1. The number of amides is 1. The Morgan fingerprint density at radius 1 is 0.862 bits per heavy atom. The summed E-state index contributed by atoms with van der Waals surface area (Å²) in [5, 5.41) is 5.08. The van der Waals surface area contributed by atoms with Gasteiger partial charge in [-0.25, -0.2) is 0 Å². The molecule has 3 rings (SSSR count). The van der Waals surface area contributed by atoms with Gasteiger partial charge in [-0.15, -0.1) is 0 Å². The Hall–Kier alpha value is -2.64. The zero-order valence-corrected chi connectivity index (χ0v) is 18.0. The molecule has 3 aromatic rings. The molecule has 0 aromatic heterocycles. The number of benzene rings is 3. The highest BCUT2D eigenvalue weighted by molar-refractivity contribution is 7.85. The maximum absolute atomic E-state index is 14.8. The first-order chi connectivity index (χ1) is 14.1. The first-order valence-electron chi connectivity index (χ1n) is 10.2. The number of hydrogen-bond acceptors (Lipinski definition) is 2. The van der Waals surface area contributed by atoms with Crippen LogP contribution in [0.1, 0.15) is 42.6 Å². The van der Waals surface area contributed by atoms with Crippen LogP contribution in [0.15, 0.2) is 78.9 Å². The average Bonchev–Trinajstić information content (AvgIpc) is 2.79. The number of rotatable bonds is 8. The molecule has 4 heteroatoms. The molecule has 3 aromatic carbocycles. The van der Waals surface area contributed by atoms with Crippen molar-refractivity contribution in [3.8, 4) is 0 Å². The van der Waals surface area contributed by atoms with Gasteiger partial charge in [0, 0.05) is 22.5 Å². The molecule has 0 fully saturated rings. The summed E-state index contributed by atoms with van der Waals surface area (Å²) in [5.74, 6) is -0.164. The molecule has 150 valence electrons. The Morgan fingerprint density at radius 2 is 1.45 bits per heavy atom. The largest absolute Gasteiger partial charge is 0.352 e. The number of carbonyl (C=O) groups excluding carboxylic acids is 1. The van der Waals surface area contributed by atoms with Gasteiger partial charge in [0.05, 0.1) is 5.56 Å². The second kappa shape index (κ2) is 9.71. The quantitative estimate of drug-likeness (QED) is 0.446. The van der Waals surface area contributed by atoms with Gasteiger partial charge in [0.1, 0.15) is 0 Å². The summed E-state index contributed by atoms with van der Waals surface area (Å²) in [6, 6.07) is 24.7. The Bertz CT molecular complexity index is 956. The van der Waals surface area contributed by atoms with Crippen LogP contribution in [0.2, 0.25) is 0 Å². The van der Waals surface area contributed by atoms with E-state index in [1.165, 1.54) is 0 Å². The highest BCUT2D eigenvalue weighted by atomic mass is 31.2. The molecule has 1 N–H and O–H groups in total. The van der Waals surface area contributed by atoms with Crippen LogP contribution in [0.25, 0.3) is 0 Å². The van der Waals surface area contributed by atoms with Crippen molar-refractivity contribution in [1.82, 2.24) is 5.32 Å². The molecule has 0 aliphatic carbocycles. The number of hydrogen-bond donors (Lipinski definition) is 1. The zero-order valence-electron chi connectivity index (χ0n) is 17.1. The minimum Gasteiger partial charge on any atom is -0.352 e. The van der Waals surface area contributed by atoms with Gasteiger partial charge in [0.25, 0.3) is 5.91 Å². The van der Waals surface area contributed by atoms with E-state index in [1.54, 1.807) is 0 Å².